The number of ether oxygens (including phenoxy) is 3. The lowest BCUT2D eigenvalue weighted by atomic mass is 9.91. The minimum atomic E-state index is -3.05. The first kappa shape index (κ1) is 26.7. The van der Waals surface area contributed by atoms with Gasteiger partial charge in [0.25, 0.3) is 0 Å². The summed E-state index contributed by atoms with van der Waals surface area (Å²) in [6, 6.07) is 3.57. The van der Waals surface area contributed by atoms with Crippen molar-refractivity contribution < 1.29 is 27.8 Å². The molecule has 1 fully saturated rings. The highest BCUT2D eigenvalue weighted by Crippen LogP contribution is 2.46. The van der Waals surface area contributed by atoms with Crippen molar-refractivity contribution in [3.05, 3.63) is 53.6 Å². The van der Waals surface area contributed by atoms with E-state index in [4.69, 9.17) is 25.8 Å². The number of halogens is 2. The number of nitrogens with two attached hydrogens (primary N) is 2. The summed E-state index contributed by atoms with van der Waals surface area (Å²) in [5.41, 5.74) is 11.3. The number of aromatic nitrogens is 2. The fraction of sp³-hybridized carbons (Fsp3) is 0.385. The van der Waals surface area contributed by atoms with E-state index < -0.39 is 24.7 Å². The van der Waals surface area contributed by atoms with Crippen molar-refractivity contribution in [2.45, 2.75) is 39.0 Å². The number of hydrogen-bond donors (Lipinski definition) is 3. The van der Waals surface area contributed by atoms with Gasteiger partial charge in [-0.1, -0.05) is 6.07 Å². The number of methoxy groups -OCH3 is 1. The average molecular weight is 544 g/mol. The zero-order valence-electron chi connectivity index (χ0n) is 21.9. The summed E-state index contributed by atoms with van der Waals surface area (Å²) in [5, 5.41) is 0.551. The lowest BCUT2D eigenvalue weighted by Crippen LogP contribution is -2.70. The first-order valence-electron chi connectivity index (χ1n) is 12.4. The minimum Gasteiger partial charge on any atom is -0.491 e. The molecule has 5 rings (SSSR count). The Balaban J connectivity index is 1.52. The molecule has 3 heterocycles. The Morgan fingerprint density at radius 2 is 2.15 bits per heavy atom. The average Bonchev–Trinajstić information content (AvgIpc) is 3.32. The van der Waals surface area contributed by atoms with E-state index in [0.29, 0.717) is 28.0 Å². The maximum Gasteiger partial charge on any atom is 0.343 e. The van der Waals surface area contributed by atoms with Gasteiger partial charge in [0.05, 0.1) is 29.4 Å². The molecule has 0 spiro atoms. The fourth-order valence-corrected chi connectivity index (χ4v) is 5.45. The molecule has 1 aromatic heterocycles. The molecule has 39 heavy (non-hydrogen) atoms. The van der Waals surface area contributed by atoms with E-state index in [9.17, 15) is 13.6 Å². The smallest absolute Gasteiger partial charge is 0.343 e. The van der Waals surface area contributed by atoms with Crippen LogP contribution in [0.25, 0.3) is 22.2 Å². The van der Waals surface area contributed by atoms with Crippen molar-refractivity contribution in [1.82, 2.24) is 24.8 Å². The molecule has 1 saturated heterocycles. The van der Waals surface area contributed by atoms with Crippen LogP contribution in [0.2, 0.25) is 0 Å². The molecule has 11 nitrogen and oxygen atoms in total. The van der Waals surface area contributed by atoms with Crippen LogP contribution in [0.4, 0.5) is 13.6 Å². The van der Waals surface area contributed by atoms with Gasteiger partial charge in [-0.05, 0) is 31.5 Å². The van der Waals surface area contributed by atoms with Crippen molar-refractivity contribution in [2.75, 3.05) is 27.1 Å². The number of urea groups is 1. The molecule has 0 aliphatic carbocycles. The molecule has 5 N–H and O–H groups in total. The third-order valence-corrected chi connectivity index (χ3v) is 7.30. The van der Waals surface area contributed by atoms with Crippen molar-refractivity contribution in [2.24, 2.45) is 11.6 Å². The van der Waals surface area contributed by atoms with Gasteiger partial charge in [-0.25, -0.2) is 20.6 Å². The van der Waals surface area contributed by atoms with Crippen LogP contribution in [0.15, 0.2) is 36.9 Å². The molecule has 2 amide bonds. The molecule has 13 heteroatoms. The first-order valence-corrected chi connectivity index (χ1v) is 12.4. The van der Waals surface area contributed by atoms with Gasteiger partial charge < -0.3 is 24.9 Å². The van der Waals surface area contributed by atoms with Gasteiger partial charge in [0, 0.05) is 54.9 Å². The number of rotatable bonds is 7. The molecule has 2 aliphatic rings. The lowest BCUT2D eigenvalue weighted by molar-refractivity contribution is -0.107. The first-order chi connectivity index (χ1) is 18.8. The molecule has 2 unspecified atom stereocenters. The highest BCUT2D eigenvalue weighted by atomic mass is 19.3. The van der Waals surface area contributed by atoms with Gasteiger partial charge in [0.2, 0.25) is 0 Å². The normalized spacial score (nSPS) is 18.8. The number of carbonyl (C=O) groups excluding carboxylic acids is 1. The summed E-state index contributed by atoms with van der Waals surface area (Å²) in [4.78, 5) is 22.8. The Labute approximate surface area is 223 Å². The van der Waals surface area contributed by atoms with E-state index in [1.54, 1.807) is 13.4 Å². The number of alkyl halides is 2. The fourth-order valence-electron chi connectivity index (χ4n) is 5.45. The molecule has 3 aromatic rings. The number of aromatic amines is 1. The van der Waals surface area contributed by atoms with Crippen LogP contribution in [0.5, 0.6) is 11.5 Å². The van der Waals surface area contributed by atoms with Gasteiger partial charge in [0.15, 0.2) is 6.79 Å². The molecule has 2 aromatic carbocycles. The zero-order chi connectivity index (χ0) is 27.8. The third kappa shape index (κ3) is 4.62. The lowest BCUT2D eigenvalue weighted by Gasteiger charge is -2.50. The number of benzene rings is 2. The summed E-state index contributed by atoms with van der Waals surface area (Å²) in [6.45, 7) is 1.69. The van der Waals surface area contributed by atoms with Crippen molar-refractivity contribution in [3.8, 4) is 22.6 Å². The van der Waals surface area contributed by atoms with Crippen molar-refractivity contribution in [3.63, 3.8) is 0 Å². The maximum absolute atomic E-state index is 14.0. The topological polar surface area (TPSA) is 135 Å². The second-order valence-electron chi connectivity index (χ2n) is 9.56. The third-order valence-electron chi connectivity index (χ3n) is 7.30. The van der Waals surface area contributed by atoms with Crippen LogP contribution in [0, 0.1) is 13.8 Å². The van der Waals surface area contributed by atoms with Crippen LogP contribution < -0.4 is 21.1 Å². The Morgan fingerprint density at radius 3 is 2.87 bits per heavy atom. The summed E-state index contributed by atoms with van der Waals surface area (Å²) in [6.07, 6.45) is 3.68. The number of nitrogens with one attached hydrogen (secondary N) is 1. The van der Waals surface area contributed by atoms with E-state index in [-0.39, 0.29) is 19.9 Å². The van der Waals surface area contributed by atoms with Crippen molar-refractivity contribution >= 4 is 17.1 Å². The van der Waals surface area contributed by atoms with Crippen LogP contribution >= 0.6 is 0 Å². The summed E-state index contributed by atoms with van der Waals surface area (Å²) >= 11 is 0. The van der Waals surface area contributed by atoms with Crippen molar-refractivity contribution in [1.29, 1.82) is 0 Å². The summed E-state index contributed by atoms with van der Waals surface area (Å²) in [7, 11) is 1.55. The van der Waals surface area contributed by atoms with Gasteiger partial charge in [-0.15, -0.1) is 0 Å². The molecule has 2 aliphatic heterocycles. The number of imidazole rings is 1. The molecule has 0 bridgehead atoms. The van der Waals surface area contributed by atoms with Gasteiger partial charge in [-0.2, -0.15) is 8.78 Å². The largest absolute Gasteiger partial charge is 0.491 e. The maximum atomic E-state index is 14.0. The number of carbonyl (C=O) groups is 1. The second-order valence-corrected chi connectivity index (χ2v) is 9.56. The number of hydrazine groups is 1. The van der Waals surface area contributed by atoms with E-state index in [2.05, 4.69) is 9.97 Å². The second kappa shape index (κ2) is 10.7. The highest BCUT2D eigenvalue weighted by molar-refractivity contribution is 5.97. The molecule has 208 valence electrons. The minimum absolute atomic E-state index is 0.0361. The Hall–Kier alpha value is -3.94. The number of nitrogens with zero attached hydrogens (tertiary/aromatic N) is 4. The molecular weight excluding hydrogens is 512 g/mol. The van der Waals surface area contributed by atoms with Crippen LogP contribution in [-0.2, 0) is 11.3 Å². The van der Waals surface area contributed by atoms with E-state index in [0.717, 1.165) is 51.3 Å². The van der Waals surface area contributed by atoms with Gasteiger partial charge in [0.1, 0.15) is 18.1 Å². The molecule has 2 atom stereocenters. The van der Waals surface area contributed by atoms with Crippen LogP contribution in [0.1, 0.15) is 16.7 Å². The number of hydrogen-bond acceptors (Lipinski definition) is 8. The predicted octanol–water partition coefficient (Wildman–Crippen LogP) is 3.02. The number of fused-ring (bicyclic) bond motifs is 3. The number of aryl methyl sites for hydroxylation is 1. The van der Waals surface area contributed by atoms with Gasteiger partial charge in [-0.3, -0.25) is 9.80 Å². The Bertz CT molecular complexity index is 1410. The van der Waals surface area contributed by atoms with E-state index in [1.807, 2.05) is 36.9 Å². The highest BCUT2D eigenvalue weighted by Gasteiger charge is 2.49. The number of H-pyrrole nitrogens is 1. The Morgan fingerprint density at radius 1 is 1.36 bits per heavy atom. The molecule has 0 radical (unpaired) electrons. The SMILES string of the molecule is COCOc1cc2c(c(C)c1-c1c(C)ccc3[nH]cnc13)OCC1C(N(C(=O)N(N)/C=C\N)C(F)F)CN1C2. The quantitative estimate of drug-likeness (QED) is 0.136. The standard InChI is InChI=1S/C26H31F2N7O4/c1-14-4-5-17-23(32-12-31-17)21(14)22-15(2)24-16(8-20(22)39-13-37-3)9-33-10-18(19(33)11-38-24)35(25(27)28)26(36)34(30)7-6-29/h4-8,12,18-19,25H,9-11,13,29-30H2,1-3H3,(H,31,32)/b7-6-. The van der Waals surface area contributed by atoms with Crippen LogP contribution in [-0.4, -0.2) is 76.5 Å². The van der Waals surface area contributed by atoms with Crippen LogP contribution in [0.3, 0.4) is 0 Å². The summed E-state index contributed by atoms with van der Waals surface area (Å²) in [5.74, 6) is 6.86. The van der Waals surface area contributed by atoms with Gasteiger partial charge >= 0.3 is 12.6 Å². The zero-order valence-corrected chi connectivity index (χ0v) is 21.9. The van der Waals surface area contributed by atoms with E-state index >= 15 is 0 Å². The number of amides is 2. The Kier molecular flexibility index (Phi) is 7.30. The monoisotopic (exact) mass is 543 g/mol. The predicted molar refractivity (Wildman–Crippen MR) is 140 cm³/mol. The molecular formula is C26H31F2N7O4. The summed E-state index contributed by atoms with van der Waals surface area (Å²) < 4.78 is 45.6. The molecule has 0 saturated carbocycles. The van der Waals surface area contributed by atoms with E-state index in [1.165, 1.54) is 0 Å².